The Bertz CT molecular complexity index is 1620. The summed E-state index contributed by atoms with van der Waals surface area (Å²) in [6, 6.07) is 8.45. The number of benzene rings is 2. The average Bonchev–Trinajstić information content (AvgIpc) is 3.29. The van der Waals surface area contributed by atoms with E-state index in [9.17, 15) is 35.3 Å². The van der Waals surface area contributed by atoms with E-state index in [1.54, 1.807) is 18.2 Å². The summed E-state index contributed by atoms with van der Waals surface area (Å²) < 4.78 is 113. The molecule has 2 aliphatic heterocycles. The van der Waals surface area contributed by atoms with Gasteiger partial charge in [-0.25, -0.2) is 4.39 Å². The molecule has 2 fully saturated rings. The van der Waals surface area contributed by atoms with Crippen molar-refractivity contribution < 1.29 is 40.0 Å². The predicted molar refractivity (Wildman–Crippen MR) is 165 cm³/mol. The molecule has 45 heavy (non-hydrogen) atoms. The number of ether oxygens (including phenoxy) is 1. The number of likely N-dealkylation sites (tertiary alicyclic amines) is 1. The molecule has 3 heterocycles. The van der Waals surface area contributed by atoms with Crippen molar-refractivity contribution in [2.45, 2.75) is 56.9 Å². The summed E-state index contributed by atoms with van der Waals surface area (Å²) in [5.74, 6) is 4.95. The van der Waals surface area contributed by atoms with Gasteiger partial charge in [0.05, 0.1) is 40.0 Å². The number of anilines is 2. The fraction of sp³-hybridized carbons (Fsp3) is 0.484. The molecule has 0 unspecified atom stereocenters. The molecule has 0 bridgehead atoms. The molecule has 0 saturated carbocycles. The third-order valence-corrected chi connectivity index (χ3v) is 12.5. The van der Waals surface area contributed by atoms with Crippen LogP contribution < -0.4 is 20.7 Å². The van der Waals surface area contributed by atoms with Crippen LogP contribution in [0.25, 0.3) is 10.1 Å². The van der Waals surface area contributed by atoms with E-state index in [1.807, 2.05) is 11.9 Å². The van der Waals surface area contributed by atoms with Crippen molar-refractivity contribution in [2.75, 3.05) is 49.6 Å². The Balaban J connectivity index is 1.40. The lowest BCUT2D eigenvalue weighted by atomic mass is 10.0. The fourth-order valence-electron chi connectivity index (χ4n) is 5.84. The van der Waals surface area contributed by atoms with E-state index in [2.05, 4.69) is 27.2 Å². The molecular weight excluding hydrogens is 642 g/mol. The Hall–Kier alpha value is -2.94. The number of halogens is 7. The van der Waals surface area contributed by atoms with Crippen LogP contribution in [0.2, 0.25) is 0 Å². The van der Waals surface area contributed by atoms with Gasteiger partial charge in [0.25, 0.3) is 0 Å². The topological polar surface area (TPSA) is 53.6 Å². The Labute approximate surface area is 260 Å². The number of fused-ring (bicyclic) bond motifs is 1. The summed E-state index contributed by atoms with van der Waals surface area (Å²) in [5, 5.41) is 6.62. The highest BCUT2D eigenvalue weighted by atomic mass is 32.1. The zero-order valence-electron chi connectivity index (χ0n) is 24.5. The molecule has 3 aromatic rings. The Morgan fingerprint density at radius 1 is 1.07 bits per heavy atom. The highest BCUT2D eigenvalue weighted by Gasteiger charge is 2.35. The second kappa shape index (κ2) is 13.4. The zero-order chi connectivity index (χ0) is 32.4. The van der Waals surface area contributed by atoms with Crippen molar-refractivity contribution in [3.8, 4) is 17.6 Å². The summed E-state index contributed by atoms with van der Waals surface area (Å²) in [6.07, 6.45) is -8.10. The minimum atomic E-state index is -4.99. The largest absolute Gasteiger partial charge is 0.573 e. The lowest BCUT2D eigenvalue weighted by molar-refractivity contribution is -0.274. The van der Waals surface area contributed by atoms with Gasteiger partial charge in [0.2, 0.25) is 0 Å². The highest BCUT2D eigenvalue weighted by Crippen LogP contribution is 2.50. The van der Waals surface area contributed by atoms with Crippen molar-refractivity contribution in [3.05, 3.63) is 46.8 Å². The van der Waals surface area contributed by atoms with Crippen molar-refractivity contribution in [1.82, 2.24) is 4.90 Å². The van der Waals surface area contributed by atoms with Crippen molar-refractivity contribution in [2.24, 2.45) is 0 Å². The molecule has 2 atom stereocenters. The van der Waals surface area contributed by atoms with Gasteiger partial charge in [-0.2, -0.15) is 13.2 Å². The monoisotopic (exact) mass is 675 g/mol. The first-order valence-corrected chi connectivity index (χ1v) is 17.5. The smallest absolute Gasteiger partial charge is 0.404 e. The molecule has 1 aromatic heterocycles. The number of piperidine rings is 1. The van der Waals surface area contributed by atoms with E-state index >= 15 is 0 Å². The first kappa shape index (κ1) is 33.4. The van der Waals surface area contributed by atoms with Crippen LogP contribution in [-0.4, -0.2) is 68.7 Å². The first-order valence-electron chi connectivity index (χ1n) is 14.6. The molecule has 14 heteroatoms. The van der Waals surface area contributed by atoms with Gasteiger partial charge in [0.1, 0.15) is 13.3 Å². The minimum absolute atomic E-state index is 0.0125. The van der Waals surface area contributed by atoms with E-state index in [1.165, 1.54) is 12.1 Å². The number of rotatable bonds is 7. The second-order valence-corrected chi connectivity index (χ2v) is 15.7. The SMILES string of the molecule is CN1CC[C@H](Nc2cccc3c(CC(F)(F)F)c(C#CCNc4ccc(P5(=O)CCCCC5)cc4OC(F)(F)F)sc23)[C@@H](F)C1. The number of alkyl halides is 7. The zero-order valence-corrected chi connectivity index (χ0v) is 26.2. The van der Waals surface area contributed by atoms with Crippen LogP contribution >= 0.6 is 18.5 Å². The van der Waals surface area contributed by atoms with E-state index in [0.717, 1.165) is 36.7 Å². The van der Waals surface area contributed by atoms with Gasteiger partial charge in [-0.15, -0.1) is 24.5 Å². The second-order valence-electron chi connectivity index (χ2n) is 11.5. The van der Waals surface area contributed by atoms with Crippen LogP contribution in [0.15, 0.2) is 36.4 Å². The standard InChI is InChI=1S/C31H33F7N3O2PS/c1-41-14-12-24(23(32)19-41)40-26-8-5-7-21-22(18-30(33,34)35)28(45-29(21)26)9-6-13-39-25-11-10-20(17-27(25)43-31(36,37)38)44(42)15-3-2-4-16-44/h5,7-8,10-11,17,23-24,39-40H,2-4,12-16,18-19H2,1H3/t23-,24-/m0/s1. The fourth-order valence-corrected chi connectivity index (χ4v) is 9.92. The third kappa shape index (κ3) is 8.46. The first-order chi connectivity index (χ1) is 21.2. The van der Waals surface area contributed by atoms with Crippen LogP contribution in [0.4, 0.5) is 42.1 Å². The lowest BCUT2D eigenvalue weighted by Crippen LogP contribution is -2.46. The van der Waals surface area contributed by atoms with E-state index in [0.29, 0.717) is 46.4 Å². The third-order valence-electron chi connectivity index (χ3n) is 8.05. The number of thiophene rings is 1. The molecule has 2 aromatic carbocycles. The van der Waals surface area contributed by atoms with Crippen LogP contribution in [0.1, 0.15) is 36.1 Å². The summed E-state index contributed by atoms with van der Waals surface area (Å²) in [5.41, 5.74) is 0.475. The maximum Gasteiger partial charge on any atom is 0.573 e. The van der Waals surface area contributed by atoms with Crippen molar-refractivity contribution in [3.63, 3.8) is 0 Å². The van der Waals surface area contributed by atoms with Gasteiger partial charge in [0.15, 0.2) is 5.75 Å². The molecule has 2 N–H and O–H groups in total. The summed E-state index contributed by atoms with van der Waals surface area (Å²) in [7, 11) is -1.01. The van der Waals surface area contributed by atoms with Crippen LogP contribution in [-0.2, 0) is 11.0 Å². The van der Waals surface area contributed by atoms with Gasteiger partial charge >= 0.3 is 12.5 Å². The number of hydrogen-bond donors (Lipinski definition) is 2. The van der Waals surface area contributed by atoms with Crippen molar-refractivity contribution in [1.29, 1.82) is 0 Å². The van der Waals surface area contributed by atoms with Crippen LogP contribution in [0.3, 0.4) is 0 Å². The maximum atomic E-state index is 14.7. The molecule has 0 radical (unpaired) electrons. The van der Waals surface area contributed by atoms with Gasteiger partial charge in [0, 0.05) is 30.7 Å². The molecular formula is C31H33F7N3O2PS. The molecule has 5 rings (SSSR count). The summed E-state index contributed by atoms with van der Waals surface area (Å²) in [6.45, 7) is 0.730. The Morgan fingerprint density at radius 3 is 2.51 bits per heavy atom. The maximum absolute atomic E-state index is 14.7. The summed E-state index contributed by atoms with van der Waals surface area (Å²) in [4.78, 5) is 2.04. The molecule has 244 valence electrons. The molecule has 2 aliphatic rings. The molecule has 0 spiro atoms. The van der Waals surface area contributed by atoms with Gasteiger partial charge in [-0.3, -0.25) is 0 Å². The van der Waals surface area contributed by atoms with E-state index in [4.69, 9.17) is 0 Å². The van der Waals surface area contributed by atoms with Gasteiger partial charge in [-0.1, -0.05) is 30.4 Å². The number of nitrogens with zero attached hydrogens (tertiary/aromatic N) is 1. The molecule has 0 amide bonds. The van der Waals surface area contributed by atoms with Crippen LogP contribution in [0.5, 0.6) is 5.75 Å². The summed E-state index contributed by atoms with van der Waals surface area (Å²) >= 11 is 1.05. The Morgan fingerprint density at radius 2 is 1.82 bits per heavy atom. The number of nitrogens with one attached hydrogen (secondary N) is 2. The molecule has 0 aliphatic carbocycles. The van der Waals surface area contributed by atoms with E-state index < -0.39 is 44.1 Å². The average molecular weight is 676 g/mol. The number of hydrogen-bond acceptors (Lipinski definition) is 6. The minimum Gasteiger partial charge on any atom is -0.404 e. The van der Waals surface area contributed by atoms with E-state index in [-0.39, 0.29) is 29.2 Å². The molecule has 2 saturated heterocycles. The molecule has 5 nitrogen and oxygen atoms in total. The highest BCUT2D eigenvalue weighted by molar-refractivity contribution is 7.71. The van der Waals surface area contributed by atoms with Crippen LogP contribution in [0, 0.1) is 11.8 Å². The predicted octanol–water partition coefficient (Wildman–Crippen LogP) is 7.99. The normalized spacial score (nSPS) is 20.8. The van der Waals surface area contributed by atoms with Gasteiger partial charge in [-0.05, 0) is 61.5 Å². The van der Waals surface area contributed by atoms with Gasteiger partial charge < -0.3 is 24.8 Å². The Kier molecular flexibility index (Phi) is 9.97. The quantitative estimate of drug-likeness (QED) is 0.151. The van der Waals surface area contributed by atoms with Crippen molar-refractivity contribution >= 4 is 45.2 Å². The lowest BCUT2D eigenvalue weighted by Gasteiger charge is -2.33.